The Morgan fingerprint density at radius 1 is 1.44 bits per heavy atom. The van der Waals surface area contributed by atoms with Gasteiger partial charge in [-0.1, -0.05) is 27.2 Å². The summed E-state index contributed by atoms with van der Waals surface area (Å²) >= 11 is 0. The first-order valence-corrected chi connectivity index (χ1v) is 7.20. The van der Waals surface area contributed by atoms with Crippen molar-refractivity contribution >= 4 is 0 Å². The van der Waals surface area contributed by atoms with Gasteiger partial charge in [0.25, 0.3) is 0 Å². The van der Waals surface area contributed by atoms with Crippen LogP contribution in [0.5, 0.6) is 0 Å². The summed E-state index contributed by atoms with van der Waals surface area (Å²) in [5.74, 6) is 0.761. The van der Waals surface area contributed by atoms with E-state index in [-0.39, 0.29) is 6.04 Å². The molecule has 1 fully saturated rings. The van der Waals surface area contributed by atoms with Crippen molar-refractivity contribution in [2.24, 2.45) is 17.1 Å². The molecule has 1 aliphatic carbocycles. The van der Waals surface area contributed by atoms with Crippen molar-refractivity contribution in [3.05, 3.63) is 18.0 Å². The summed E-state index contributed by atoms with van der Waals surface area (Å²) in [4.78, 5) is 0. The summed E-state index contributed by atoms with van der Waals surface area (Å²) in [7, 11) is 0. The fourth-order valence-corrected chi connectivity index (χ4v) is 3.09. The summed E-state index contributed by atoms with van der Waals surface area (Å²) in [5, 5.41) is 4.47. The van der Waals surface area contributed by atoms with E-state index in [1.54, 1.807) is 0 Å². The minimum Gasteiger partial charge on any atom is -0.326 e. The molecule has 2 rings (SSSR count). The molecule has 0 bridgehead atoms. The zero-order valence-corrected chi connectivity index (χ0v) is 12.2. The molecule has 3 nitrogen and oxygen atoms in total. The van der Waals surface area contributed by atoms with E-state index >= 15 is 0 Å². The molecule has 102 valence electrons. The summed E-state index contributed by atoms with van der Waals surface area (Å²) in [6.07, 6.45) is 8.85. The average Bonchev–Trinajstić information content (AvgIpc) is 2.76. The van der Waals surface area contributed by atoms with Gasteiger partial charge in [0.2, 0.25) is 0 Å². The Morgan fingerprint density at radius 2 is 2.17 bits per heavy atom. The third-order valence-electron chi connectivity index (χ3n) is 4.96. The second kappa shape index (κ2) is 5.04. The van der Waals surface area contributed by atoms with E-state index < -0.39 is 0 Å². The quantitative estimate of drug-likeness (QED) is 0.893. The molecular formula is C15H27N3. The Kier molecular flexibility index (Phi) is 3.81. The second-order valence-corrected chi connectivity index (χ2v) is 6.58. The first kappa shape index (κ1) is 13.6. The molecule has 1 aliphatic rings. The van der Waals surface area contributed by atoms with Gasteiger partial charge in [-0.05, 0) is 43.1 Å². The van der Waals surface area contributed by atoms with Crippen molar-refractivity contribution in [3.8, 4) is 0 Å². The molecule has 2 N–H and O–H groups in total. The zero-order chi connectivity index (χ0) is 13.3. The second-order valence-electron chi connectivity index (χ2n) is 6.58. The largest absolute Gasteiger partial charge is 0.326 e. The van der Waals surface area contributed by atoms with Crippen molar-refractivity contribution < 1.29 is 0 Å². The van der Waals surface area contributed by atoms with Crippen LogP contribution in [0.25, 0.3) is 0 Å². The van der Waals surface area contributed by atoms with E-state index in [2.05, 4.69) is 43.7 Å². The molecule has 0 radical (unpaired) electrons. The lowest BCUT2D eigenvalue weighted by atomic mass is 9.67. The highest BCUT2D eigenvalue weighted by molar-refractivity contribution is 5.02. The molecule has 0 aliphatic heterocycles. The van der Waals surface area contributed by atoms with Gasteiger partial charge in [0.1, 0.15) is 0 Å². The lowest BCUT2D eigenvalue weighted by Crippen LogP contribution is -2.41. The number of hydrogen-bond acceptors (Lipinski definition) is 2. The Labute approximate surface area is 111 Å². The van der Waals surface area contributed by atoms with Gasteiger partial charge in [0.15, 0.2) is 0 Å². The molecule has 0 saturated heterocycles. The van der Waals surface area contributed by atoms with E-state index in [1.165, 1.54) is 24.8 Å². The molecule has 3 heteroatoms. The SMILES string of the molecule is CCC(C)(C)C1CCC(N)C(n2cc(C)cn2)C1. The van der Waals surface area contributed by atoms with Crippen LogP contribution in [0.3, 0.4) is 0 Å². The van der Waals surface area contributed by atoms with Gasteiger partial charge in [-0.3, -0.25) is 4.68 Å². The minimum absolute atomic E-state index is 0.258. The maximum Gasteiger partial charge on any atom is 0.0672 e. The molecule has 0 spiro atoms. The predicted molar refractivity (Wildman–Crippen MR) is 75.4 cm³/mol. The Hall–Kier alpha value is -0.830. The van der Waals surface area contributed by atoms with Crippen molar-refractivity contribution in [1.29, 1.82) is 0 Å². The lowest BCUT2D eigenvalue weighted by molar-refractivity contribution is 0.107. The van der Waals surface area contributed by atoms with Gasteiger partial charge in [0, 0.05) is 12.2 Å². The predicted octanol–water partition coefficient (Wildman–Crippen LogP) is 3.30. The number of aryl methyl sites for hydroxylation is 1. The van der Waals surface area contributed by atoms with Crippen LogP contribution >= 0.6 is 0 Å². The van der Waals surface area contributed by atoms with Gasteiger partial charge in [-0.15, -0.1) is 0 Å². The Balaban J connectivity index is 2.15. The van der Waals surface area contributed by atoms with E-state index in [9.17, 15) is 0 Å². The van der Waals surface area contributed by atoms with Crippen molar-refractivity contribution in [3.63, 3.8) is 0 Å². The van der Waals surface area contributed by atoms with Crippen molar-refractivity contribution in [2.75, 3.05) is 0 Å². The Morgan fingerprint density at radius 3 is 2.72 bits per heavy atom. The molecule has 0 aromatic carbocycles. The molecule has 0 amide bonds. The smallest absolute Gasteiger partial charge is 0.0672 e. The molecule has 1 aromatic rings. The van der Waals surface area contributed by atoms with Crippen LogP contribution in [0.1, 0.15) is 58.1 Å². The standard InChI is InChI=1S/C15H27N3/c1-5-15(3,4)12-6-7-13(16)14(8-12)18-10-11(2)9-17-18/h9-10,12-14H,5-8,16H2,1-4H3. The highest BCUT2D eigenvalue weighted by atomic mass is 15.3. The highest BCUT2D eigenvalue weighted by Crippen LogP contribution is 2.43. The van der Waals surface area contributed by atoms with Gasteiger partial charge >= 0.3 is 0 Å². The summed E-state index contributed by atoms with van der Waals surface area (Å²) < 4.78 is 2.10. The van der Waals surface area contributed by atoms with E-state index in [0.29, 0.717) is 11.5 Å². The molecule has 18 heavy (non-hydrogen) atoms. The topological polar surface area (TPSA) is 43.8 Å². The normalized spacial score (nSPS) is 29.5. The van der Waals surface area contributed by atoms with Crippen LogP contribution in [0.4, 0.5) is 0 Å². The van der Waals surface area contributed by atoms with Gasteiger partial charge in [-0.2, -0.15) is 5.10 Å². The zero-order valence-electron chi connectivity index (χ0n) is 12.2. The van der Waals surface area contributed by atoms with E-state index in [4.69, 9.17) is 5.73 Å². The maximum absolute atomic E-state index is 6.31. The maximum atomic E-state index is 6.31. The molecule has 3 unspecified atom stereocenters. The fraction of sp³-hybridized carbons (Fsp3) is 0.800. The number of aromatic nitrogens is 2. The van der Waals surface area contributed by atoms with Gasteiger partial charge in [0.05, 0.1) is 12.2 Å². The average molecular weight is 249 g/mol. The molecule has 3 atom stereocenters. The third kappa shape index (κ3) is 2.61. The molecular weight excluding hydrogens is 222 g/mol. The van der Waals surface area contributed by atoms with Gasteiger partial charge in [-0.25, -0.2) is 0 Å². The number of hydrogen-bond donors (Lipinski definition) is 1. The van der Waals surface area contributed by atoms with Crippen molar-refractivity contribution in [1.82, 2.24) is 9.78 Å². The van der Waals surface area contributed by atoms with Gasteiger partial charge < -0.3 is 5.73 Å². The lowest BCUT2D eigenvalue weighted by Gasteiger charge is -2.42. The summed E-state index contributed by atoms with van der Waals surface area (Å²) in [5.41, 5.74) is 7.95. The molecule has 1 aromatic heterocycles. The number of nitrogens with zero attached hydrogens (tertiary/aromatic N) is 2. The van der Waals surface area contributed by atoms with Crippen LogP contribution in [0.2, 0.25) is 0 Å². The minimum atomic E-state index is 0.258. The van der Waals surface area contributed by atoms with E-state index in [0.717, 1.165) is 12.3 Å². The highest BCUT2D eigenvalue weighted by Gasteiger charge is 2.36. The van der Waals surface area contributed by atoms with Crippen LogP contribution in [0, 0.1) is 18.3 Å². The first-order valence-electron chi connectivity index (χ1n) is 7.20. The third-order valence-corrected chi connectivity index (χ3v) is 4.96. The number of rotatable bonds is 3. The monoisotopic (exact) mass is 249 g/mol. The van der Waals surface area contributed by atoms with E-state index in [1.807, 2.05) is 6.20 Å². The van der Waals surface area contributed by atoms with Crippen LogP contribution in [-0.4, -0.2) is 15.8 Å². The summed E-state index contributed by atoms with van der Waals surface area (Å²) in [6, 6.07) is 0.636. The Bertz CT molecular complexity index is 394. The van der Waals surface area contributed by atoms with Crippen LogP contribution in [-0.2, 0) is 0 Å². The molecule has 1 heterocycles. The van der Waals surface area contributed by atoms with Crippen LogP contribution in [0.15, 0.2) is 12.4 Å². The first-order chi connectivity index (χ1) is 8.44. The van der Waals surface area contributed by atoms with Crippen LogP contribution < -0.4 is 5.73 Å². The molecule has 1 saturated carbocycles. The van der Waals surface area contributed by atoms with Crippen molar-refractivity contribution in [2.45, 2.75) is 65.5 Å². The fourth-order valence-electron chi connectivity index (χ4n) is 3.09. The summed E-state index contributed by atoms with van der Waals surface area (Å²) in [6.45, 7) is 9.16. The number of nitrogens with two attached hydrogens (primary N) is 1.